The van der Waals surface area contributed by atoms with Gasteiger partial charge in [-0.2, -0.15) is 0 Å². The Labute approximate surface area is 90.1 Å². The number of hydrogen-bond acceptors (Lipinski definition) is 1. The average Bonchev–Trinajstić information content (AvgIpc) is 2.14. The van der Waals surface area contributed by atoms with Crippen molar-refractivity contribution in [1.29, 1.82) is 0 Å². The van der Waals surface area contributed by atoms with Crippen molar-refractivity contribution in [3.8, 4) is 0 Å². The molecule has 0 fully saturated rings. The van der Waals surface area contributed by atoms with Crippen molar-refractivity contribution in [2.45, 2.75) is 26.7 Å². The van der Waals surface area contributed by atoms with E-state index < -0.39 is 0 Å². The highest BCUT2D eigenvalue weighted by Gasteiger charge is 2.07. The zero-order valence-electron chi connectivity index (χ0n) is 8.64. The highest BCUT2D eigenvalue weighted by Crippen LogP contribution is 2.13. The van der Waals surface area contributed by atoms with E-state index in [9.17, 15) is 4.79 Å². The maximum absolute atomic E-state index is 11.7. The van der Waals surface area contributed by atoms with Gasteiger partial charge in [0.15, 0.2) is 5.78 Å². The van der Waals surface area contributed by atoms with E-state index in [0.29, 0.717) is 12.3 Å². The number of alkyl halides is 1. The topological polar surface area (TPSA) is 17.1 Å². The molecule has 0 radical (unpaired) electrons. The molecule has 0 heterocycles. The summed E-state index contributed by atoms with van der Waals surface area (Å²) in [5.41, 5.74) is 3.08. The summed E-state index contributed by atoms with van der Waals surface area (Å²) in [4.78, 5) is 11.7. The fourth-order valence-corrected chi connectivity index (χ4v) is 1.62. The van der Waals surface area contributed by atoms with E-state index in [-0.39, 0.29) is 5.78 Å². The van der Waals surface area contributed by atoms with Crippen molar-refractivity contribution >= 4 is 17.4 Å². The number of carbonyl (C=O) groups is 1. The molecule has 0 spiro atoms. The van der Waals surface area contributed by atoms with Crippen LogP contribution >= 0.6 is 11.6 Å². The first-order valence-electron chi connectivity index (χ1n) is 4.81. The van der Waals surface area contributed by atoms with Crippen molar-refractivity contribution in [1.82, 2.24) is 0 Å². The van der Waals surface area contributed by atoms with Gasteiger partial charge in [0.2, 0.25) is 0 Å². The quantitative estimate of drug-likeness (QED) is 0.549. The Hall–Kier alpha value is -0.820. The summed E-state index contributed by atoms with van der Waals surface area (Å²) in [6.45, 7) is 4.00. The minimum Gasteiger partial charge on any atom is -0.294 e. The molecule has 0 atom stereocenters. The van der Waals surface area contributed by atoms with E-state index in [1.165, 1.54) is 5.56 Å². The Balaban J connectivity index is 2.80. The molecule has 0 saturated carbocycles. The van der Waals surface area contributed by atoms with Gasteiger partial charge in [-0.3, -0.25) is 4.79 Å². The molecule has 1 rings (SSSR count). The van der Waals surface area contributed by atoms with Crippen molar-refractivity contribution in [3.63, 3.8) is 0 Å². The third-order valence-electron chi connectivity index (χ3n) is 2.22. The number of carbonyl (C=O) groups excluding carboxylic acids is 1. The van der Waals surface area contributed by atoms with E-state index in [4.69, 9.17) is 11.6 Å². The summed E-state index contributed by atoms with van der Waals surface area (Å²) < 4.78 is 0. The lowest BCUT2D eigenvalue weighted by molar-refractivity contribution is 0.0981. The lowest BCUT2D eigenvalue weighted by Gasteiger charge is -2.04. The molecule has 0 saturated heterocycles. The summed E-state index contributed by atoms with van der Waals surface area (Å²) in [5.74, 6) is 0.750. The zero-order chi connectivity index (χ0) is 10.6. The monoisotopic (exact) mass is 210 g/mol. The van der Waals surface area contributed by atoms with Crippen LogP contribution in [0.1, 0.15) is 34.3 Å². The third kappa shape index (κ3) is 2.85. The summed E-state index contributed by atoms with van der Waals surface area (Å²) in [5, 5.41) is 0. The van der Waals surface area contributed by atoms with Crippen LogP contribution in [0.15, 0.2) is 18.2 Å². The first kappa shape index (κ1) is 11.3. The van der Waals surface area contributed by atoms with Crippen LogP contribution in [0, 0.1) is 13.8 Å². The normalized spacial score (nSPS) is 10.2. The van der Waals surface area contributed by atoms with Crippen molar-refractivity contribution in [3.05, 3.63) is 34.9 Å². The van der Waals surface area contributed by atoms with Crippen LogP contribution in [0.4, 0.5) is 0 Å². The van der Waals surface area contributed by atoms with E-state index in [2.05, 4.69) is 0 Å². The molecule has 1 aromatic carbocycles. The molecule has 0 aliphatic heterocycles. The van der Waals surface area contributed by atoms with Crippen molar-refractivity contribution < 1.29 is 4.79 Å². The average molecular weight is 211 g/mol. The summed E-state index contributed by atoms with van der Waals surface area (Å²) in [6, 6.07) is 5.91. The lowest BCUT2D eigenvalue weighted by Crippen LogP contribution is -2.02. The maximum atomic E-state index is 11.7. The molecule has 14 heavy (non-hydrogen) atoms. The second kappa shape index (κ2) is 5.16. The van der Waals surface area contributed by atoms with E-state index >= 15 is 0 Å². The number of benzene rings is 1. The summed E-state index contributed by atoms with van der Waals surface area (Å²) in [7, 11) is 0. The van der Waals surface area contributed by atoms with Gasteiger partial charge in [0, 0.05) is 17.9 Å². The third-order valence-corrected chi connectivity index (χ3v) is 2.49. The van der Waals surface area contributed by atoms with Crippen LogP contribution in [0.3, 0.4) is 0 Å². The van der Waals surface area contributed by atoms with Crippen LogP contribution in [0.5, 0.6) is 0 Å². The van der Waals surface area contributed by atoms with Gasteiger partial charge in [-0.1, -0.05) is 23.8 Å². The molecule has 1 nitrogen and oxygen atoms in total. The minimum absolute atomic E-state index is 0.197. The van der Waals surface area contributed by atoms with Crippen molar-refractivity contribution in [2.75, 3.05) is 5.88 Å². The van der Waals surface area contributed by atoms with Gasteiger partial charge in [-0.25, -0.2) is 0 Å². The number of hydrogen-bond donors (Lipinski definition) is 0. The molecule has 0 bridgehead atoms. The summed E-state index contributed by atoms with van der Waals surface area (Å²) in [6.07, 6.45) is 1.31. The predicted molar refractivity (Wildman–Crippen MR) is 60.2 cm³/mol. The highest BCUT2D eigenvalue weighted by molar-refractivity contribution is 6.18. The Bertz CT molecular complexity index is 331. The van der Waals surface area contributed by atoms with Crippen LogP contribution in [0.2, 0.25) is 0 Å². The van der Waals surface area contributed by atoms with Crippen LogP contribution < -0.4 is 0 Å². The Morgan fingerprint density at radius 3 is 2.64 bits per heavy atom. The predicted octanol–water partition coefficient (Wildman–Crippen LogP) is 3.51. The molecule has 0 aliphatic carbocycles. The van der Waals surface area contributed by atoms with Gasteiger partial charge in [-0.05, 0) is 25.8 Å². The molecule has 0 aliphatic rings. The second-order valence-corrected chi connectivity index (χ2v) is 3.91. The standard InChI is InChI=1S/C12H15ClO/c1-9-5-6-11(10(2)8-9)12(14)4-3-7-13/h5-6,8H,3-4,7H2,1-2H3. The lowest BCUT2D eigenvalue weighted by atomic mass is 10.00. The molecule has 2 heteroatoms. The second-order valence-electron chi connectivity index (χ2n) is 3.53. The number of ketones is 1. The van der Waals surface area contributed by atoms with Gasteiger partial charge >= 0.3 is 0 Å². The molecule has 0 N–H and O–H groups in total. The first-order chi connectivity index (χ1) is 6.65. The number of halogens is 1. The Morgan fingerprint density at radius 1 is 1.36 bits per heavy atom. The molecule has 0 amide bonds. The van der Waals surface area contributed by atoms with Gasteiger partial charge < -0.3 is 0 Å². The molecular weight excluding hydrogens is 196 g/mol. The molecular formula is C12H15ClO. The fourth-order valence-electron chi connectivity index (χ4n) is 1.49. The van der Waals surface area contributed by atoms with Crippen LogP contribution in [0.25, 0.3) is 0 Å². The first-order valence-corrected chi connectivity index (χ1v) is 5.35. The minimum atomic E-state index is 0.197. The number of rotatable bonds is 4. The molecule has 0 aromatic heterocycles. The SMILES string of the molecule is Cc1ccc(C(=O)CCCCl)c(C)c1. The van der Waals surface area contributed by atoms with Gasteiger partial charge in [0.25, 0.3) is 0 Å². The summed E-state index contributed by atoms with van der Waals surface area (Å²) >= 11 is 5.55. The molecule has 0 unspecified atom stereocenters. The molecule has 1 aromatic rings. The van der Waals surface area contributed by atoms with E-state index in [1.54, 1.807) is 0 Å². The number of Topliss-reactive ketones (excluding diaryl/α,β-unsaturated/α-hetero) is 1. The van der Waals surface area contributed by atoms with E-state index in [1.807, 2.05) is 32.0 Å². The van der Waals surface area contributed by atoms with Crippen LogP contribution in [-0.4, -0.2) is 11.7 Å². The van der Waals surface area contributed by atoms with Gasteiger partial charge in [0.05, 0.1) is 0 Å². The maximum Gasteiger partial charge on any atom is 0.163 e. The Morgan fingerprint density at radius 2 is 2.07 bits per heavy atom. The van der Waals surface area contributed by atoms with Crippen LogP contribution in [-0.2, 0) is 0 Å². The largest absolute Gasteiger partial charge is 0.294 e. The fraction of sp³-hybridized carbons (Fsp3) is 0.417. The van der Waals surface area contributed by atoms with Gasteiger partial charge in [-0.15, -0.1) is 11.6 Å². The Kier molecular flexibility index (Phi) is 4.15. The molecule has 76 valence electrons. The van der Waals surface area contributed by atoms with E-state index in [0.717, 1.165) is 17.5 Å². The van der Waals surface area contributed by atoms with Crippen molar-refractivity contribution in [2.24, 2.45) is 0 Å². The van der Waals surface area contributed by atoms with Gasteiger partial charge in [0.1, 0.15) is 0 Å². The smallest absolute Gasteiger partial charge is 0.163 e. The number of aryl methyl sites for hydroxylation is 2. The highest BCUT2D eigenvalue weighted by atomic mass is 35.5. The zero-order valence-corrected chi connectivity index (χ0v) is 9.40.